The molecule has 0 radical (unpaired) electrons. The molecule has 1 saturated carbocycles. The number of piperidine rings is 1. The Hall–Kier alpha value is -1.49. The van der Waals surface area contributed by atoms with Gasteiger partial charge in [-0.15, -0.1) is 0 Å². The van der Waals surface area contributed by atoms with E-state index in [0.717, 1.165) is 31.9 Å². The molecule has 120 valence electrons. The molecule has 1 amide bonds. The third kappa shape index (κ3) is 2.74. The van der Waals surface area contributed by atoms with E-state index in [9.17, 15) is 13.6 Å². The summed E-state index contributed by atoms with van der Waals surface area (Å²) >= 11 is 0. The van der Waals surface area contributed by atoms with Gasteiger partial charge in [-0.3, -0.25) is 4.79 Å². The van der Waals surface area contributed by atoms with Crippen molar-refractivity contribution in [3.63, 3.8) is 0 Å². The van der Waals surface area contributed by atoms with Crippen LogP contribution in [0.4, 0.5) is 8.78 Å². The Bertz CT molecular complexity index is 576. The zero-order valence-corrected chi connectivity index (χ0v) is 12.8. The second kappa shape index (κ2) is 5.95. The fraction of sp³-hybridized carbons (Fsp3) is 0.588. The van der Waals surface area contributed by atoms with Crippen LogP contribution in [-0.4, -0.2) is 29.4 Å². The SMILES string of the molecule is C[C@H](N)[C@@H]1CCCCN1C(=O)[C@H]1C[C@H]1c1cccc(F)c1F. The molecule has 22 heavy (non-hydrogen) atoms. The highest BCUT2D eigenvalue weighted by Crippen LogP contribution is 2.50. The normalized spacial score (nSPS) is 29.3. The van der Waals surface area contributed by atoms with E-state index in [1.807, 2.05) is 11.8 Å². The van der Waals surface area contributed by atoms with E-state index in [1.165, 1.54) is 6.07 Å². The van der Waals surface area contributed by atoms with E-state index in [4.69, 9.17) is 5.73 Å². The second-order valence-electron chi connectivity index (χ2n) is 6.55. The molecular weight excluding hydrogens is 286 g/mol. The first kappa shape index (κ1) is 15.4. The summed E-state index contributed by atoms with van der Waals surface area (Å²) in [6.07, 6.45) is 3.60. The Morgan fingerprint density at radius 3 is 2.86 bits per heavy atom. The first-order valence-corrected chi connectivity index (χ1v) is 8.00. The summed E-state index contributed by atoms with van der Waals surface area (Å²) in [4.78, 5) is 14.6. The maximum Gasteiger partial charge on any atom is 0.226 e. The van der Waals surface area contributed by atoms with Gasteiger partial charge in [0.15, 0.2) is 11.6 Å². The standard InChI is InChI=1S/C17H22F2N2O/c1-10(20)15-7-2-3-8-21(15)17(22)13-9-12(13)11-5-4-6-14(18)16(11)19/h4-6,10,12-13,15H,2-3,7-9,20H2,1H3/t10-,12-,13-,15-/m0/s1. The molecule has 5 heteroatoms. The molecule has 1 heterocycles. The Labute approximate surface area is 129 Å². The number of carbonyl (C=O) groups excluding carboxylic acids is 1. The molecule has 1 aromatic rings. The smallest absolute Gasteiger partial charge is 0.226 e. The van der Waals surface area contributed by atoms with Gasteiger partial charge in [0.1, 0.15) is 0 Å². The van der Waals surface area contributed by atoms with Crippen LogP contribution in [0, 0.1) is 17.6 Å². The molecular formula is C17H22F2N2O. The van der Waals surface area contributed by atoms with Gasteiger partial charge in [-0.05, 0) is 50.2 Å². The quantitative estimate of drug-likeness (QED) is 0.933. The molecule has 0 spiro atoms. The molecule has 1 aliphatic carbocycles. The zero-order chi connectivity index (χ0) is 15.9. The third-order valence-corrected chi connectivity index (χ3v) is 4.93. The van der Waals surface area contributed by atoms with Crippen LogP contribution < -0.4 is 5.73 Å². The maximum atomic E-state index is 13.9. The number of nitrogens with zero attached hydrogens (tertiary/aromatic N) is 1. The van der Waals surface area contributed by atoms with Crippen LogP contribution in [0.25, 0.3) is 0 Å². The monoisotopic (exact) mass is 308 g/mol. The average Bonchev–Trinajstić information content (AvgIpc) is 3.29. The number of hydrogen-bond donors (Lipinski definition) is 1. The van der Waals surface area contributed by atoms with E-state index in [2.05, 4.69) is 0 Å². The minimum Gasteiger partial charge on any atom is -0.338 e. The van der Waals surface area contributed by atoms with E-state index in [-0.39, 0.29) is 29.8 Å². The van der Waals surface area contributed by atoms with Crippen LogP contribution >= 0.6 is 0 Å². The summed E-state index contributed by atoms with van der Waals surface area (Å²) in [5.41, 5.74) is 6.33. The number of halogens is 2. The van der Waals surface area contributed by atoms with Gasteiger partial charge >= 0.3 is 0 Å². The maximum absolute atomic E-state index is 13.9. The number of amides is 1. The first-order chi connectivity index (χ1) is 10.5. The number of hydrogen-bond acceptors (Lipinski definition) is 2. The molecule has 0 bridgehead atoms. The van der Waals surface area contributed by atoms with Crippen LogP contribution in [-0.2, 0) is 4.79 Å². The zero-order valence-electron chi connectivity index (χ0n) is 12.8. The summed E-state index contributed by atoms with van der Waals surface area (Å²) in [7, 11) is 0. The molecule has 3 nitrogen and oxygen atoms in total. The van der Waals surface area contributed by atoms with E-state index < -0.39 is 11.6 Å². The van der Waals surface area contributed by atoms with Gasteiger partial charge in [-0.2, -0.15) is 0 Å². The molecule has 4 atom stereocenters. The molecule has 2 aliphatic rings. The highest BCUT2D eigenvalue weighted by molar-refractivity contribution is 5.83. The molecule has 0 unspecified atom stereocenters. The summed E-state index contributed by atoms with van der Waals surface area (Å²) in [5.74, 6) is -2.03. The Balaban J connectivity index is 1.73. The number of benzene rings is 1. The van der Waals surface area contributed by atoms with Crippen molar-refractivity contribution >= 4 is 5.91 Å². The molecule has 1 aromatic carbocycles. The van der Waals surface area contributed by atoms with Crippen molar-refractivity contribution in [2.45, 2.75) is 50.6 Å². The van der Waals surface area contributed by atoms with Crippen molar-refractivity contribution in [2.75, 3.05) is 6.54 Å². The van der Waals surface area contributed by atoms with E-state index in [1.54, 1.807) is 6.07 Å². The minimum absolute atomic E-state index is 0.0515. The molecule has 3 rings (SSSR count). The Morgan fingerprint density at radius 1 is 1.36 bits per heavy atom. The first-order valence-electron chi connectivity index (χ1n) is 8.00. The fourth-order valence-electron chi connectivity index (χ4n) is 3.61. The van der Waals surface area contributed by atoms with E-state index >= 15 is 0 Å². The third-order valence-electron chi connectivity index (χ3n) is 4.93. The van der Waals surface area contributed by atoms with Gasteiger partial charge in [0, 0.05) is 24.5 Å². The predicted octanol–water partition coefficient (Wildman–Crippen LogP) is 2.80. The van der Waals surface area contributed by atoms with Crippen molar-refractivity contribution in [2.24, 2.45) is 11.7 Å². The van der Waals surface area contributed by atoms with Gasteiger partial charge in [0.2, 0.25) is 5.91 Å². The van der Waals surface area contributed by atoms with Gasteiger partial charge in [0.05, 0.1) is 0 Å². The number of carbonyl (C=O) groups is 1. The van der Waals surface area contributed by atoms with Crippen LogP contribution in [0.15, 0.2) is 18.2 Å². The highest BCUT2D eigenvalue weighted by Gasteiger charge is 2.48. The molecule has 1 aliphatic heterocycles. The largest absolute Gasteiger partial charge is 0.338 e. The number of likely N-dealkylation sites (tertiary alicyclic amines) is 1. The van der Waals surface area contributed by atoms with Crippen molar-refractivity contribution in [1.82, 2.24) is 4.90 Å². The summed E-state index contributed by atoms with van der Waals surface area (Å²) in [6.45, 7) is 2.65. The van der Waals surface area contributed by atoms with Crippen molar-refractivity contribution < 1.29 is 13.6 Å². The Morgan fingerprint density at radius 2 is 2.14 bits per heavy atom. The summed E-state index contributed by atoms with van der Waals surface area (Å²) < 4.78 is 27.2. The van der Waals surface area contributed by atoms with Crippen molar-refractivity contribution in [3.05, 3.63) is 35.4 Å². The lowest BCUT2D eigenvalue weighted by Crippen LogP contribution is -2.52. The van der Waals surface area contributed by atoms with Gasteiger partial charge in [0.25, 0.3) is 0 Å². The van der Waals surface area contributed by atoms with Gasteiger partial charge < -0.3 is 10.6 Å². The molecule has 2 fully saturated rings. The van der Waals surface area contributed by atoms with Crippen LogP contribution in [0.2, 0.25) is 0 Å². The van der Waals surface area contributed by atoms with Gasteiger partial charge in [-0.25, -0.2) is 8.78 Å². The lowest BCUT2D eigenvalue weighted by atomic mass is 9.96. The van der Waals surface area contributed by atoms with E-state index in [0.29, 0.717) is 12.0 Å². The average molecular weight is 308 g/mol. The number of rotatable bonds is 3. The van der Waals surface area contributed by atoms with Gasteiger partial charge in [-0.1, -0.05) is 12.1 Å². The summed E-state index contributed by atoms with van der Waals surface area (Å²) in [5, 5.41) is 0. The fourth-order valence-corrected chi connectivity index (χ4v) is 3.61. The van der Waals surface area contributed by atoms with Crippen LogP contribution in [0.5, 0.6) is 0 Å². The van der Waals surface area contributed by atoms with Crippen molar-refractivity contribution in [3.8, 4) is 0 Å². The Kier molecular flexibility index (Phi) is 4.17. The minimum atomic E-state index is -0.845. The summed E-state index contributed by atoms with van der Waals surface area (Å²) in [6, 6.07) is 4.19. The lowest BCUT2D eigenvalue weighted by molar-refractivity contribution is -0.136. The lowest BCUT2D eigenvalue weighted by Gasteiger charge is -2.38. The number of nitrogens with two attached hydrogens (primary N) is 1. The second-order valence-corrected chi connectivity index (χ2v) is 6.55. The molecule has 1 saturated heterocycles. The van der Waals surface area contributed by atoms with Crippen LogP contribution in [0.1, 0.15) is 44.1 Å². The molecule has 0 aromatic heterocycles. The predicted molar refractivity (Wildman–Crippen MR) is 80.2 cm³/mol. The van der Waals surface area contributed by atoms with Crippen LogP contribution in [0.3, 0.4) is 0 Å². The topological polar surface area (TPSA) is 46.3 Å². The van der Waals surface area contributed by atoms with Crippen molar-refractivity contribution in [1.29, 1.82) is 0 Å². The highest BCUT2D eigenvalue weighted by atomic mass is 19.2. The molecule has 2 N–H and O–H groups in total.